The summed E-state index contributed by atoms with van der Waals surface area (Å²) in [5.74, 6) is -1.22. The molecule has 0 bridgehead atoms. The van der Waals surface area contributed by atoms with Gasteiger partial charge in [-0.1, -0.05) is 12.8 Å². The third-order valence-electron chi connectivity index (χ3n) is 2.48. The second kappa shape index (κ2) is 5.82. The number of carbonyl (C=O) groups excluding carboxylic acids is 2. The fourth-order valence-electron chi connectivity index (χ4n) is 1.60. The molecular weight excluding hydrogens is 196 g/mol. The SMILES string of the molecule is C[C@H](N)C(=O)OC(=O)CNC1CCCC1. The molecule has 0 unspecified atom stereocenters. The summed E-state index contributed by atoms with van der Waals surface area (Å²) < 4.78 is 4.51. The van der Waals surface area contributed by atoms with E-state index in [4.69, 9.17) is 5.73 Å². The van der Waals surface area contributed by atoms with Gasteiger partial charge < -0.3 is 15.8 Å². The summed E-state index contributed by atoms with van der Waals surface area (Å²) in [5.41, 5.74) is 5.26. The molecule has 0 aromatic rings. The van der Waals surface area contributed by atoms with E-state index < -0.39 is 18.0 Å². The van der Waals surface area contributed by atoms with Crippen LogP contribution in [0.1, 0.15) is 32.6 Å². The van der Waals surface area contributed by atoms with Gasteiger partial charge in [-0.2, -0.15) is 0 Å². The van der Waals surface area contributed by atoms with E-state index in [-0.39, 0.29) is 6.54 Å². The molecule has 5 nitrogen and oxygen atoms in total. The number of ether oxygens (including phenoxy) is 1. The molecule has 1 aliphatic rings. The van der Waals surface area contributed by atoms with E-state index in [1.54, 1.807) is 0 Å². The molecule has 1 aliphatic carbocycles. The molecule has 86 valence electrons. The smallest absolute Gasteiger partial charge is 0.330 e. The van der Waals surface area contributed by atoms with Crippen molar-refractivity contribution < 1.29 is 14.3 Å². The first-order valence-corrected chi connectivity index (χ1v) is 5.33. The van der Waals surface area contributed by atoms with Crippen LogP contribution < -0.4 is 11.1 Å². The van der Waals surface area contributed by atoms with Gasteiger partial charge in [0.15, 0.2) is 0 Å². The molecule has 1 rings (SSSR count). The first kappa shape index (κ1) is 12.1. The van der Waals surface area contributed by atoms with E-state index in [0.717, 1.165) is 12.8 Å². The number of esters is 2. The van der Waals surface area contributed by atoms with Crippen molar-refractivity contribution in [3.63, 3.8) is 0 Å². The normalized spacial score (nSPS) is 18.8. The van der Waals surface area contributed by atoms with E-state index in [1.165, 1.54) is 19.8 Å². The maximum Gasteiger partial charge on any atom is 0.330 e. The second-order valence-electron chi connectivity index (χ2n) is 3.94. The van der Waals surface area contributed by atoms with Crippen molar-refractivity contribution in [3.8, 4) is 0 Å². The van der Waals surface area contributed by atoms with E-state index in [2.05, 4.69) is 10.1 Å². The highest BCUT2D eigenvalue weighted by atomic mass is 16.6. The van der Waals surface area contributed by atoms with E-state index in [0.29, 0.717) is 6.04 Å². The summed E-state index contributed by atoms with van der Waals surface area (Å²) >= 11 is 0. The van der Waals surface area contributed by atoms with E-state index in [1.807, 2.05) is 0 Å². The van der Waals surface area contributed by atoms with Crippen LogP contribution in [0.3, 0.4) is 0 Å². The first-order chi connectivity index (χ1) is 7.09. The van der Waals surface area contributed by atoms with Crippen molar-refractivity contribution in [1.82, 2.24) is 5.32 Å². The molecule has 15 heavy (non-hydrogen) atoms. The molecule has 1 saturated carbocycles. The Morgan fingerprint density at radius 2 is 2.07 bits per heavy atom. The number of rotatable bonds is 4. The Kier molecular flexibility index (Phi) is 4.71. The molecule has 1 atom stereocenters. The highest BCUT2D eigenvalue weighted by molar-refractivity contribution is 5.88. The largest absolute Gasteiger partial charge is 0.391 e. The minimum atomic E-state index is -0.750. The van der Waals surface area contributed by atoms with E-state index in [9.17, 15) is 9.59 Å². The number of nitrogens with one attached hydrogen (secondary N) is 1. The van der Waals surface area contributed by atoms with Crippen LogP contribution in [0.5, 0.6) is 0 Å². The van der Waals surface area contributed by atoms with Crippen LogP contribution in [0.25, 0.3) is 0 Å². The Bertz CT molecular complexity index is 235. The van der Waals surface area contributed by atoms with Gasteiger partial charge in [0.05, 0.1) is 6.54 Å². The Balaban J connectivity index is 2.15. The van der Waals surface area contributed by atoms with Crippen LogP contribution in [0, 0.1) is 0 Å². The molecule has 0 aliphatic heterocycles. The summed E-state index contributed by atoms with van der Waals surface area (Å²) in [7, 11) is 0. The number of carbonyl (C=O) groups is 2. The lowest BCUT2D eigenvalue weighted by atomic mass is 10.2. The summed E-state index contributed by atoms with van der Waals surface area (Å²) in [6.45, 7) is 1.57. The molecule has 0 aromatic carbocycles. The fraction of sp³-hybridized carbons (Fsp3) is 0.800. The maximum atomic E-state index is 11.2. The van der Waals surface area contributed by atoms with Gasteiger partial charge in [0.25, 0.3) is 0 Å². The molecule has 3 N–H and O–H groups in total. The molecular formula is C10H18N2O3. The van der Waals surface area contributed by atoms with Gasteiger partial charge >= 0.3 is 11.9 Å². The predicted octanol–water partition coefficient (Wildman–Crippen LogP) is -0.0644. The average molecular weight is 214 g/mol. The minimum Gasteiger partial charge on any atom is -0.391 e. The number of nitrogens with two attached hydrogens (primary N) is 1. The zero-order chi connectivity index (χ0) is 11.3. The highest BCUT2D eigenvalue weighted by Crippen LogP contribution is 2.17. The van der Waals surface area contributed by atoms with Gasteiger partial charge in [0, 0.05) is 6.04 Å². The maximum absolute atomic E-state index is 11.2. The van der Waals surface area contributed by atoms with Crippen LogP contribution in [0.2, 0.25) is 0 Å². The standard InChI is InChI=1S/C10H18N2O3/c1-7(11)10(14)15-9(13)6-12-8-4-2-3-5-8/h7-8,12H,2-6,11H2,1H3/t7-/m0/s1. The van der Waals surface area contributed by atoms with Crippen LogP contribution in [-0.2, 0) is 14.3 Å². The molecule has 0 amide bonds. The van der Waals surface area contributed by atoms with Gasteiger partial charge in [-0.05, 0) is 19.8 Å². The lowest BCUT2D eigenvalue weighted by Crippen LogP contribution is -2.36. The number of hydrogen-bond acceptors (Lipinski definition) is 5. The zero-order valence-electron chi connectivity index (χ0n) is 8.99. The fourth-order valence-corrected chi connectivity index (χ4v) is 1.60. The monoisotopic (exact) mass is 214 g/mol. The Morgan fingerprint density at radius 1 is 1.47 bits per heavy atom. The van der Waals surface area contributed by atoms with E-state index >= 15 is 0 Å². The van der Waals surface area contributed by atoms with Gasteiger partial charge in [-0.25, -0.2) is 4.79 Å². The van der Waals surface area contributed by atoms with Crippen LogP contribution in [-0.4, -0.2) is 30.6 Å². The zero-order valence-corrected chi connectivity index (χ0v) is 8.99. The minimum absolute atomic E-state index is 0.0864. The Labute approximate surface area is 89.3 Å². The lowest BCUT2D eigenvalue weighted by Gasteiger charge is -2.11. The Hall–Kier alpha value is -0.940. The van der Waals surface area contributed by atoms with Crippen LogP contribution >= 0.6 is 0 Å². The highest BCUT2D eigenvalue weighted by Gasteiger charge is 2.18. The van der Waals surface area contributed by atoms with Crippen molar-refractivity contribution in [2.75, 3.05) is 6.54 Å². The second-order valence-corrected chi connectivity index (χ2v) is 3.94. The molecule has 0 radical (unpaired) electrons. The van der Waals surface area contributed by atoms with Crippen LogP contribution in [0.4, 0.5) is 0 Å². The summed E-state index contributed by atoms with van der Waals surface area (Å²) in [6.07, 6.45) is 4.58. The Morgan fingerprint density at radius 3 is 2.60 bits per heavy atom. The quantitative estimate of drug-likeness (QED) is 0.506. The third kappa shape index (κ3) is 4.40. The summed E-state index contributed by atoms with van der Waals surface area (Å²) in [5, 5.41) is 3.06. The molecule has 5 heteroatoms. The first-order valence-electron chi connectivity index (χ1n) is 5.33. The molecule has 1 fully saturated rings. The predicted molar refractivity (Wildman–Crippen MR) is 55.0 cm³/mol. The van der Waals surface area contributed by atoms with Crippen molar-refractivity contribution in [2.45, 2.75) is 44.7 Å². The van der Waals surface area contributed by atoms with Crippen molar-refractivity contribution >= 4 is 11.9 Å². The molecule has 0 aromatic heterocycles. The average Bonchev–Trinajstić information content (AvgIpc) is 2.66. The van der Waals surface area contributed by atoms with Gasteiger partial charge in [0.2, 0.25) is 0 Å². The molecule has 0 heterocycles. The summed E-state index contributed by atoms with van der Waals surface area (Å²) in [4.78, 5) is 22.1. The van der Waals surface area contributed by atoms with Gasteiger partial charge in [0.1, 0.15) is 6.04 Å². The van der Waals surface area contributed by atoms with Crippen molar-refractivity contribution in [3.05, 3.63) is 0 Å². The summed E-state index contributed by atoms with van der Waals surface area (Å²) in [6, 6.07) is -0.358. The van der Waals surface area contributed by atoms with Crippen LogP contribution in [0.15, 0.2) is 0 Å². The molecule has 0 saturated heterocycles. The lowest BCUT2D eigenvalue weighted by molar-refractivity contribution is -0.159. The molecule has 0 spiro atoms. The van der Waals surface area contributed by atoms with Gasteiger partial charge in [-0.15, -0.1) is 0 Å². The number of hydrogen-bond donors (Lipinski definition) is 2. The van der Waals surface area contributed by atoms with Gasteiger partial charge in [-0.3, -0.25) is 4.79 Å². The van der Waals surface area contributed by atoms with Crippen molar-refractivity contribution in [1.29, 1.82) is 0 Å². The van der Waals surface area contributed by atoms with Crippen molar-refractivity contribution in [2.24, 2.45) is 5.73 Å². The topological polar surface area (TPSA) is 81.4 Å². The third-order valence-corrected chi connectivity index (χ3v) is 2.48.